The van der Waals surface area contributed by atoms with Crippen LogP contribution in [0.5, 0.6) is 5.75 Å². The highest BCUT2D eigenvalue weighted by molar-refractivity contribution is 7.99. The summed E-state index contributed by atoms with van der Waals surface area (Å²) < 4.78 is 4.86. The monoisotopic (exact) mass is 313 g/mol. The Morgan fingerprint density at radius 2 is 2.00 bits per heavy atom. The molecule has 0 radical (unpaired) electrons. The van der Waals surface area contributed by atoms with E-state index in [-0.39, 0.29) is 23.8 Å². The van der Waals surface area contributed by atoms with Crippen molar-refractivity contribution in [3.63, 3.8) is 0 Å². The minimum absolute atomic E-state index is 0.115. The molecule has 0 saturated carbocycles. The number of carboxylic acids is 1. The van der Waals surface area contributed by atoms with Crippen LogP contribution in [0.2, 0.25) is 0 Å². The first-order chi connectivity index (χ1) is 10.0. The highest BCUT2D eigenvalue weighted by atomic mass is 32.2. The maximum absolute atomic E-state index is 11.7. The molecule has 6 nitrogen and oxygen atoms in total. The molecule has 0 aliphatic rings. The van der Waals surface area contributed by atoms with Gasteiger partial charge in [-0.15, -0.1) is 11.8 Å². The summed E-state index contributed by atoms with van der Waals surface area (Å²) in [7, 11) is 1.58. The summed E-state index contributed by atoms with van der Waals surface area (Å²) in [6, 6.07) is 5.24. The van der Waals surface area contributed by atoms with Gasteiger partial charge in [-0.05, 0) is 17.7 Å². The smallest absolute Gasteiger partial charge is 0.326 e. The van der Waals surface area contributed by atoms with E-state index in [4.69, 9.17) is 9.84 Å². The average Bonchev–Trinajstić information content (AvgIpc) is 2.45. The van der Waals surface area contributed by atoms with Gasteiger partial charge in [-0.2, -0.15) is 0 Å². The second kappa shape index (κ2) is 9.25. The van der Waals surface area contributed by atoms with Crippen LogP contribution in [-0.2, 0) is 20.7 Å². The fraction of sp³-hybridized carbons (Fsp3) is 0.429. The van der Waals surface area contributed by atoms with Crippen molar-refractivity contribution in [3.8, 4) is 5.75 Å². The number of aliphatic carboxylic acids is 1. The number of phenolic OH excluding ortho intramolecular Hbond substituents is 1. The molecule has 1 rings (SSSR count). The Bertz CT molecular complexity index is 463. The van der Waals surface area contributed by atoms with Crippen LogP contribution in [0.4, 0.5) is 0 Å². The molecule has 0 aromatic heterocycles. The number of hydrogen-bond acceptors (Lipinski definition) is 5. The van der Waals surface area contributed by atoms with Crippen molar-refractivity contribution in [2.24, 2.45) is 0 Å². The van der Waals surface area contributed by atoms with Crippen LogP contribution in [-0.4, -0.2) is 53.4 Å². The highest BCUT2D eigenvalue weighted by Gasteiger charge is 2.20. The van der Waals surface area contributed by atoms with Gasteiger partial charge in [0.1, 0.15) is 11.8 Å². The quantitative estimate of drug-likeness (QED) is 0.586. The van der Waals surface area contributed by atoms with Gasteiger partial charge in [0.2, 0.25) is 5.91 Å². The average molecular weight is 313 g/mol. The summed E-state index contributed by atoms with van der Waals surface area (Å²) in [5, 5.41) is 20.8. The largest absolute Gasteiger partial charge is 0.508 e. The van der Waals surface area contributed by atoms with Gasteiger partial charge in [-0.1, -0.05) is 12.1 Å². The minimum atomic E-state index is -1.08. The van der Waals surface area contributed by atoms with Crippen LogP contribution in [0.15, 0.2) is 24.3 Å². The zero-order valence-electron chi connectivity index (χ0n) is 11.7. The highest BCUT2D eigenvalue weighted by Crippen LogP contribution is 2.11. The van der Waals surface area contributed by atoms with E-state index in [1.54, 1.807) is 19.2 Å². The standard InChI is InChI=1S/C14H19NO5S/c1-20-6-7-21-9-13(17)15-12(14(18)19)8-10-2-4-11(16)5-3-10/h2-5,12,16H,6-9H2,1H3,(H,15,17)(H,18,19). The zero-order valence-corrected chi connectivity index (χ0v) is 12.6. The maximum Gasteiger partial charge on any atom is 0.326 e. The molecular weight excluding hydrogens is 294 g/mol. The van der Waals surface area contributed by atoms with Crippen LogP contribution in [0, 0.1) is 0 Å². The second-order valence-electron chi connectivity index (χ2n) is 4.37. The van der Waals surface area contributed by atoms with E-state index in [2.05, 4.69) is 5.32 Å². The number of carbonyl (C=O) groups excluding carboxylic acids is 1. The topological polar surface area (TPSA) is 95.9 Å². The van der Waals surface area contributed by atoms with E-state index in [0.717, 1.165) is 5.56 Å². The summed E-state index contributed by atoms with van der Waals surface area (Å²) in [5.41, 5.74) is 0.729. The Hall–Kier alpha value is -1.73. The number of hydrogen-bond donors (Lipinski definition) is 3. The predicted octanol–water partition coefficient (Wildman–Crippen LogP) is 0.884. The Kier molecular flexibility index (Phi) is 7.63. The first-order valence-electron chi connectivity index (χ1n) is 6.39. The van der Waals surface area contributed by atoms with Crippen molar-refractivity contribution in [2.45, 2.75) is 12.5 Å². The predicted molar refractivity (Wildman–Crippen MR) is 80.6 cm³/mol. The number of amides is 1. The first-order valence-corrected chi connectivity index (χ1v) is 7.55. The van der Waals surface area contributed by atoms with Gasteiger partial charge in [-0.3, -0.25) is 4.79 Å². The van der Waals surface area contributed by atoms with Gasteiger partial charge in [0.05, 0.1) is 12.4 Å². The summed E-state index contributed by atoms with van der Waals surface area (Å²) >= 11 is 1.38. The van der Waals surface area contributed by atoms with Crippen LogP contribution in [0.25, 0.3) is 0 Å². The molecular formula is C14H19NO5S. The van der Waals surface area contributed by atoms with E-state index >= 15 is 0 Å². The van der Waals surface area contributed by atoms with Crippen molar-refractivity contribution in [1.29, 1.82) is 0 Å². The minimum Gasteiger partial charge on any atom is -0.508 e. The molecule has 1 aromatic carbocycles. The number of carbonyl (C=O) groups is 2. The lowest BCUT2D eigenvalue weighted by Gasteiger charge is -2.14. The molecule has 7 heteroatoms. The number of phenols is 1. The van der Waals surface area contributed by atoms with E-state index in [1.807, 2.05) is 0 Å². The van der Waals surface area contributed by atoms with Crippen molar-refractivity contribution in [3.05, 3.63) is 29.8 Å². The van der Waals surface area contributed by atoms with Gasteiger partial charge in [0.15, 0.2) is 0 Å². The molecule has 3 N–H and O–H groups in total. The molecule has 0 fully saturated rings. The number of benzene rings is 1. The third kappa shape index (κ3) is 7.01. The fourth-order valence-electron chi connectivity index (χ4n) is 1.61. The molecule has 0 heterocycles. The number of methoxy groups -OCH3 is 1. The van der Waals surface area contributed by atoms with Crippen molar-refractivity contribution >= 4 is 23.6 Å². The van der Waals surface area contributed by atoms with Gasteiger partial charge in [-0.25, -0.2) is 4.79 Å². The van der Waals surface area contributed by atoms with Crippen molar-refractivity contribution < 1.29 is 24.5 Å². The fourth-order valence-corrected chi connectivity index (χ4v) is 2.31. The molecule has 116 valence electrons. The van der Waals surface area contributed by atoms with E-state index in [0.29, 0.717) is 12.4 Å². The number of carboxylic acid groups (broad SMARTS) is 1. The zero-order chi connectivity index (χ0) is 15.7. The number of aromatic hydroxyl groups is 1. The Morgan fingerprint density at radius 3 is 2.57 bits per heavy atom. The van der Waals surface area contributed by atoms with Crippen LogP contribution in [0.1, 0.15) is 5.56 Å². The van der Waals surface area contributed by atoms with E-state index in [1.165, 1.54) is 23.9 Å². The Morgan fingerprint density at radius 1 is 1.33 bits per heavy atom. The maximum atomic E-state index is 11.7. The third-order valence-corrected chi connectivity index (χ3v) is 3.60. The normalized spacial score (nSPS) is 11.9. The molecule has 1 atom stereocenters. The van der Waals surface area contributed by atoms with Crippen molar-refractivity contribution in [1.82, 2.24) is 5.32 Å². The summed E-state index contributed by atoms with van der Waals surface area (Å²) in [5.74, 6) is -0.410. The van der Waals surface area contributed by atoms with Gasteiger partial charge >= 0.3 is 5.97 Å². The summed E-state index contributed by atoms with van der Waals surface area (Å²) in [6.45, 7) is 0.549. The number of nitrogens with one attached hydrogen (secondary N) is 1. The van der Waals surface area contributed by atoms with Gasteiger partial charge in [0, 0.05) is 19.3 Å². The lowest BCUT2D eigenvalue weighted by atomic mass is 10.1. The van der Waals surface area contributed by atoms with E-state index < -0.39 is 12.0 Å². The Labute approximate surface area is 127 Å². The van der Waals surface area contributed by atoms with Gasteiger partial charge < -0.3 is 20.3 Å². The molecule has 0 saturated heterocycles. The third-order valence-electron chi connectivity index (χ3n) is 2.67. The number of rotatable bonds is 9. The molecule has 21 heavy (non-hydrogen) atoms. The van der Waals surface area contributed by atoms with Gasteiger partial charge in [0.25, 0.3) is 0 Å². The number of thioether (sulfide) groups is 1. The molecule has 1 unspecified atom stereocenters. The summed E-state index contributed by atoms with van der Waals surface area (Å²) in [6.07, 6.45) is 0.171. The lowest BCUT2D eigenvalue weighted by molar-refractivity contribution is -0.141. The Balaban J connectivity index is 2.48. The lowest BCUT2D eigenvalue weighted by Crippen LogP contribution is -2.43. The number of ether oxygens (including phenoxy) is 1. The molecule has 0 bridgehead atoms. The van der Waals surface area contributed by atoms with E-state index in [9.17, 15) is 14.7 Å². The van der Waals surface area contributed by atoms with Crippen molar-refractivity contribution in [2.75, 3.05) is 25.2 Å². The molecule has 1 amide bonds. The summed E-state index contributed by atoms with van der Waals surface area (Å²) in [4.78, 5) is 22.9. The second-order valence-corrected chi connectivity index (χ2v) is 5.48. The van der Waals surface area contributed by atoms with Crippen LogP contribution < -0.4 is 5.32 Å². The molecule has 0 aliphatic heterocycles. The van der Waals surface area contributed by atoms with Crippen LogP contribution in [0.3, 0.4) is 0 Å². The first kappa shape index (κ1) is 17.3. The SMILES string of the molecule is COCCSCC(=O)NC(Cc1ccc(O)cc1)C(=O)O. The molecule has 0 aliphatic carbocycles. The molecule has 0 spiro atoms. The van der Waals surface area contributed by atoms with Crippen LogP contribution >= 0.6 is 11.8 Å². The molecule has 1 aromatic rings.